The fraction of sp³-hybridized carbons (Fsp3) is 1.00. The lowest BCUT2D eigenvalue weighted by Crippen LogP contribution is -2.62. The van der Waals surface area contributed by atoms with Crippen molar-refractivity contribution >= 4 is 67.5 Å². The molecular formula is C30H78O9Si8. The summed E-state index contributed by atoms with van der Waals surface area (Å²) in [6, 6.07) is 5.22. The Kier molecular flexibility index (Phi) is 21.2. The third kappa shape index (κ3) is 24.3. The molecule has 0 saturated carbocycles. The number of rotatable bonds is 28. The number of aliphatic hydroxyl groups is 1. The van der Waals surface area contributed by atoms with Gasteiger partial charge in [-0.05, 0) is 122 Å². The smallest absolute Gasteiger partial charge is 0.335 e. The van der Waals surface area contributed by atoms with Gasteiger partial charge in [0.25, 0.3) is 0 Å². The van der Waals surface area contributed by atoms with Crippen LogP contribution in [0.3, 0.4) is 0 Å². The van der Waals surface area contributed by atoms with Gasteiger partial charge in [0, 0.05) is 21.3 Å². The first-order valence-electron chi connectivity index (χ1n) is 18.2. The van der Waals surface area contributed by atoms with E-state index in [4.69, 9.17) is 29.7 Å². The summed E-state index contributed by atoms with van der Waals surface area (Å²) in [4.78, 5) is 11.3. The van der Waals surface area contributed by atoms with Crippen molar-refractivity contribution in [2.24, 2.45) is 0 Å². The van der Waals surface area contributed by atoms with Crippen LogP contribution in [0.5, 0.6) is 0 Å². The molecular weight excluding hydrogens is 729 g/mol. The molecule has 0 rings (SSSR count). The minimum Gasteiger partial charge on any atom is -0.437 e. The maximum Gasteiger partial charge on any atom is 0.335 e. The van der Waals surface area contributed by atoms with Crippen LogP contribution in [0.2, 0.25) is 128 Å². The molecule has 4 atom stereocenters. The molecule has 284 valence electrons. The molecule has 0 heterocycles. The molecule has 0 fully saturated rings. The van der Waals surface area contributed by atoms with E-state index in [0.29, 0.717) is 25.9 Å². The zero-order valence-corrected chi connectivity index (χ0v) is 41.7. The van der Waals surface area contributed by atoms with E-state index in [2.05, 4.69) is 98.6 Å². The largest absolute Gasteiger partial charge is 0.437 e. The van der Waals surface area contributed by atoms with Gasteiger partial charge in [0.1, 0.15) is 0 Å². The molecule has 0 amide bonds. The van der Waals surface area contributed by atoms with Crippen LogP contribution in [0, 0.1) is 0 Å². The molecule has 17 heteroatoms. The van der Waals surface area contributed by atoms with Crippen LogP contribution in [0.4, 0.5) is 0 Å². The molecule has 0 aromatic carbocycles. The van der Waals surface area contributed by atoms with Crippen molar-refractivity contribution in [1.82, 2.24) is 0 Å². The summed E-state index contributed by atoms with van der Waals surface area (Å²) in [5.41, 5.74) is 0. The Labute approximate surface area is 299 Å². The highest BCUT2D eigenvalue weighted by molar-refractivity contribution is 6.92. The minimum atomic E-state index is -2.83. The first kappa shape index (κ1) is 48.4. The molecule has 0 aromatic heterocycles. The summed E-state index contributed by atoms with van der Waals surface area (Å²) >= 11 is 0. The molecule has 0 aromatic rings. The molecule has 0 aliphatic rings. The van der Waals surface area contributed by atoms with Crippen molar-refractivity contribution in [3.63, 3.8) is 0 Å². The van der Waals surface area contributed by atoms with E-state index in [9.17, 15) is 9.90 Å². The van der Waals surface area contributed by atoms with E-state index >= 15 is 0 Å². The highest BCUT2D eigenvalue weighted by atomic mass is 28.5. The molecule has 0 aliphatic heterocycles. The zero-order chi connectivity index (χ0) is 36.8. The highest BCUT2D eigenvalue weighted by Crippen LogP contribution is 2.35. The van der Waals surface area contributed by atoms with Crippen LogP contribution in [-0.4, -0.2) is 104 Å². The fourth-order valence-corrected chi connectivity index (χ4v) is 40.3. The van der Waals surface area contributed by atoms with Gasteiger partial charge in [0.2, 0.25) is 0 Å². The third-order valence-electron chi connectivity index (χ3n) is 7.36. The second kappa shape index (κ2) is 20.6. The van der Waals surface area contributed by atoms with Crippen molar-refractivity contribution in [2.75, 3.05) is 26.4 Å². The van der Waals surface area contributed by atoms with Crippen LogP contribution >= 0.6 is 0 Å². The van der Waals surface area contributed by atoms with Crippen molar-refractivity contribution in [1.29, 1.82) is 0 Å². The van der Waals surface area contributed by atoms with Crippen molar-refractivity contribution in [2.45, 2.75) is 167 Å². The summed E-state index contributed by atoms with van der Waals surface area (Å²) in [6.07, 6.45) is 3.65. The van der Waals surface area contributed by atoms with Gasteiger partial charge in [-0.1, -0.05) is 45.5 Å². The van der Waals surface area contributed by atoms with Gasteiger partial charge in [0.05, 0.1) is 13.2 Å². The molecule has 9 nitrogen and oxygen atoms in total. The lowest BCUT2D eigenvalue weighted by molar-refractivity contribution is 0.0917. The molecule has 4 unspecified atom stereocenters. The van der Waals surface area contributed by atoms with Crippen LogP contribution < -0.4 is 0 Å². The highest BCUT2D eigenvalue weighted by Gasteiger charge is 2.51. The van der Waals surface area contributed by atoms with Crippen LogP contribution in [0.15, 0.2) is 0 Å². The van der Waals surface area contributed by atoms with Crippen molar-refractivity contribution in [3.8, 4) is 0 Å². The maximum atomic E-state index is 11.3. The van der Waals surface area contributed by atoms with Crippen molar-refractivity contribution < 1.29 is 39.6 Å². The SMILES string of the molecule is CCC[Si](O)(CCC[Si](C)(O[Si](C)(C)C)O[Si](C)(C)O[Si](C)(CCCOCCO)O[Si](C)(CCC[Si](C)(C)C)O[Si](C)(C)C)OCC. The summed E-state index contributed by atoms with van der Waals surface area (Å²) in [7, 11) is -18.7. The second-order valence-corrected chi connectivity index (χ2v) is 49.8. The molecule has 0 radical (unpaired) electrons. The van der Waals surface area contributed by atoms with Crippen LogP contribution in [0.1, 0.15) is 39.5 Å². The van der Waals surface area contributed by atoms with E-state index in [1.807, 2.05) is 6.92 Å². The van der Waals surface area contributed by atoms with Gasteiger partial charge < -0.3 is 39.6 Å². The average Bonchev–Trinajstić information content (AvgIpc) is 2.79. The van der Waals surface area contributed by atoms with Gasteiger partial charge in [-0.3, -0.25) is 0 Å². The standard InChI is InChI=1S/C30H78O9Si8/c1-17-25-47(32,34-18-2)30-21-29-44(14,35-41(6,7)8)37-43(12,13)38-46(16,27-19-23-33-24-22-31)39-45(15,36-42(9,10)11)28-20-26-40(3,4)5/h31-32H,17-30H2,1-16H3. The summed E-state index contributed by atoms with van der Waals surface area (Å²) in [6.45, 7) is 37.2. The first-order chi connectivity index (χ1) is 21.1. The summed E-state index contributed by atoms with van der Waals surface area (Å²) < 4.78 is 47.2. The zero-order valence-electron chi connectivity index (χ0n) is 33.7. The Hall–Kier alpha value is 1.38. The van der Waals surface area contributed by atoms with E-state index < -0.39 is 67.5 Å². The van der Waals surface area contributed by atoms with E-state index in [-0.39, 0.29) is 6.61 Å². The summed E-state index contributed by atoms with van der Waals surface area (Å²) in [5.74, 6) is 0. The Morgan fingerprint density at radius 2 is 0.936 bits per heavy atom. The third-order valence-corrected chi connectivity index (χ3v) is 35.4. The monoisotopic (exact) mass is 806 g/mol. The molecule has 0 saturated heterocycles. The number of hydrogen-bond acceptors (Lipinski definition) is 9. The van der Waals surface area contributed by atoms with E-state index in [1.165, 1.54) is 6.04 Å². The Morgan fingerprint density at radius 3 is 1.36 bits per heavy atom. The fourth-order valence-electron chi connectivity index (χ4n) is 6.40. The van der Waals surface area contributed by atoms with Crippen LogP contribution in [-0.2, 0) is 29.7 Å². The molecule has 0 aliphatic carbocycles. The predicted octanol–water partition coefficient (Wildman–Crippen LogP) is 9.06. The predicted molar refractivity (Wildman–Crippen MR) is 218 cm³/mol. The molecule has 0 spiro atoms. The van der Waals surface area contributed by atoms with Gasteiger partial charge in [0.15, 0.2) is 16.6 Å². The first-order valence-corrected chi connectivity index (χ1v) is 41.4. The second-order valence-electron chi connectivity index (χ2n) is 17.4. The van der Waals surface area contributed by atoms with E-state index in [1.54, 1.807) is 0 Å². The maximum absolute atomic E-state index is 11.3. The van der Waals surface area contributed by atoms with Crippen LogP contribution in [0.25, 0.3) is 0 Å². The number of aliphatic hydroxyl groups excluding tert-OH is 1. The summed E-state index contributed by atoms with van der Waals surface area (Å²) in [5, 5.41) is 9.22. The molecule has 47 heavy (non-hydrogen) atoms. The van der Waals surface area contributed by atoms with Gasteiger partial charge in [-0.25, -0.2) is 0 Å². The normalized spacial score (nSPS) is 18.8. The Balaban J connectivity index is 6.32. The Morgan fingerprint density at radius 1 is 0.489 bits per heavy atom. The number of ether oxygens (including phenoxy) is 1. The molecule has 2 N–H and O–H groups in total. The lowest BCUT2D eigenvalue weighted by Gasteiger charge is -2.45. The van der Waals surface area contributed by atoms with Gasteiger partial charge in [-0.2, -0.15) is 0 Å². The van der Waals surface area contributed by atoms with Gasteiger partial charge >= 0.3 is 42.8 Å². The lowest BCUT2D eigenvalue weighted by atomic mass is 10.5. The minimum absolute atomic E-state index is 0.0187. The quantitative estimate of drug-likeness (QED) is 0.0592. The molecule has 0 bridgehead atoms. The van der Waals surface area contributed by atoms with Gasteiger partial charge in [-0.15, -0.1) is 0 Å². The Bertz CT molecular complexity index is 864. The van der Waals surface area contributed by atoms with Crippen molar-refractivity contribution in [3.05, 3.63) is 0 Å². The average molecular weight is 808 g/mol. The topological polar surface area (TPSA) is 105 Å². The van der Waals surface area contributed by atoms with E-state index in [0.717, 1.165) is 49.9 Å². The number of hydrogen-bond donors (Lipinski definition) is 2.